The smallest absolute Gasteiger partial charge is 0.235 e. The van der Waals surface area contributed by atoms with Crippen LogP contribution in [0.2, 0.25) is 0 Å². The Morgan fingerprint density at radius 2 is 2.26 bits per heavy atom. The summed E-state index contributed by atoms with van der Waals surface area (Å²) >= 11 is 0.831. The lowest BCUT2D eigenvalue weighted by atomic mass is 9.98. The number of hydrogen-bond acceptors (Lipinski definition) is 4. The molecule has 0 aliphatic heterocycles. The van der Waals surface area contributed by atoms with Crippen molar-refractivity contribution in [3.05, 3.63) is 41.4 Å². The van der Waals surface area contributed by atoms with Gasteiger partial charge in [0.15, 0.2) is 10.3 Å². The van der Waals surface area contributed by atoms with Crippen LogP contribution in [-0.4, -0.2) is 15.9 Å². The molecule has 1 amide bonds. The second-order valence-corrected chi connectivity index (χ2v) is 5.51. The van der Waals surface area contributed by atoms with Gasteiger partial charge in [0.05, 0.1) is 17.8 Å². The van der Waals surface area contributed by atoms with Gasteiger partial charge in [-0.2, -0.15) is 4.39 Å². The van der Waals surface area contributed by atoms with Gasteiger partial charge in [-0.1, -0.05) is 17.4 Å². The molecule has 1 N–H and O–H groups in total. The van der Waals surface area contributed by atoms with Crippen LogP contribution in [0.4, 0.5) is 9.52 Å². The molecule has 2 aromatic rings. The normalized spacial score (nSPS) is 16.1. The van der Waals surface area contributed by atoms with E-state index in [2.05, 4.69) is 15.3 Å². The molecular formula is C13H12FN3OS. The molecule has 0 unspecified atom stereocenters. The summed E-state index contributed by atoms with van der Waals surface area (Å²) in [5, 5.41) is 2.56. The average molecular weight is 277 g/mol. The van der Waals surface area contributed by atoms with Crippen molar-refractivity contribution in [3.8, 4) is 0 Å². The second kappa shape index (κ2) is 5.05. The first-order chi connectivity index (χ1) is 9.24. The molecule has 0 saturated heterocycles. The number of aromatic nitrogens is 2. The van der Waals surface area contributed by atoms with Crippen LogP contribution < -0.4 is 5.32 Å². The van der Waals surface area contributed by atoms with E-state index >= 15 is 0 Å². The fourth-order valence-corrected chi connectivity index (χ4v) is 2.62. The quantitative estimate of drug-likeness (QED) is 0.935. The molecule has 2 aromatic heterocycles. The third-order valence-corrected chi connectivity index (χ3v) is 3.79. The third kappa shape index (κ3) is 2.78. The Labute approximate surface area is 113 Å². The van der Waals surface area contributed by atoms with Gasteiger partial charge in [-0.25, -0.2) is 4.98 Å². The molecule has 1 saturated carbocycles. The molecule has 1 fully saturated rings. The minimum atomic E-state index is -0.406. The topological polar surface area (TPSA) is 54.9 Å². The number of hydrogen-bond donors (Lipinski definition) is 1. The fourth-order valence-electron chi connectivity index (χ4n) is 2.07. The molecule has 0 radical (unpaired) electrons. The highest BCUT2D eigenvalue weighted by Gasteiger charge is 2.38. The number of anilines is 1. The van der Waals surface area contributed by atoms with E-state index in [9.17, 15) is 9.18 Å². The number of nitrogens with zero attached hydrogens (tertiary/aromatic N) is 2. The third-order valence-electron chi connectivity index (χ3n) is 3.09. The molecule has 1 aliphatic carbocycles. The van der Waals surface area contributed by atoms with Gasteiger partial charge in [-0.15, -0.1) is 0 Å². The van der Waals surface area contributed by atoms with Crippen molar-refractivity contribution in [1.29, 1.82) is 0 Å². The summed E-state index contributed by atoms with van der Waals surface area (Å²) in [6.07, 6.45) is 4.84. The predicted octanol–water partition coefficient (Wildman–Crippen LogP) is 2.81. The molecule has 4 nitrogen and oxygen atoms in total. The SMILES string of the molecule is O=C(Nc1ncc(F)s1)[C@H](c1ccccn1)C1CC1. The molecule has 0 spiro atoms. The van der Waals surface area contributed by atoms with E-state index in [1.165, 1.54) is 0 Å². The zero-order chi connectivity index (χ0) is 13.2. The highest BCUT2D eigenvalue weighted by Crippen LogP contribution is 2.42. The molecule has 3 rings (SSSR count). The average Bonchev–Trinajstić information content (AvgIpc) is 3.14. The van der Waals surface area contributed by atoms with Crippen molar-refractivity contribution >= 4 is 22.4 Å². The summed E-state index contributed by atoms with van der Waals surface area (Å²) in [5.74, 6) is -0.0941. The van der Waals surface area contributed by atoms with E-state index in [1.807, 2.05) is 18.2 Å². The van der Waals surface area contributed by atoms with Crippen molar-refractivity contribution < 1.29 is 9.18 Å². The molecule has 1 atom stereocenters. The molecule has 19 heavy (non-hydrogen) atoms. The van der Waals surface area contributed by atoms with Gasteiger partial charge >= 0.3 is 0 Å². The lowest BCUT2D eigenvalue weighted by Gasteiger charge is -2.14. The van der Waals surface area contributed by atoms with Crippen LogP contribution in [0, 0.1) is 11.0 Å². The standard InChI is InChI=1S/C13H12FN3OS/c14-10-7-16-13(19-10)17-12(18)11(8-4-5-8)9-3-1-2-6-15-9/h1-3,6-8,11H,4-5H2,(H,16,17,18)/t11-/m0/s1. The first-order valence-corrected chi connectivity index (χ1v) is 6.89. The Balaban J connectivity index is 1.79. The van der Waals surface area contributed by atoms with Gasteiger partial charge < -0.3 is 5.32 Å². The number of amides is 1. The molecule has 1 aliphatic rings. The van der Waals surface area contributed by atoms with Gasteiger partial charge in [-0.3, -0.25) is 9.78 Å². The van der Waals surface area contributed by atoms with E-state index < -0.39 is 5.13 Å². The van der Waals surface area contributed by atoms with Gasteiger partial charge in [0, 0.05) is 6.20 Å². The minimum Gasteiger partial charge on any atom is -0.301 e. The molecular weight excluding hydrogens is 265 g/mol. The zero-order valence-electron chi connectivity index (χ0n) is 10.0. The first kappa shape index (κ1) is 12.2. The molecule has 6 heteroatoms. The summed E-state index contributed by atoms with van der Waals surface area (Å²) in [5.41, 5.74) is 0.763. The Morgan fingerprint density at radius 3 is 2.84 bits per heavy atom. The van der Waals surface area contributed by atoms with Crippen LogP contribution >= 0.6 is 11.3 Å². The highest BCUT2D eigenvalue weighted by atomic mass is 32.1. The maximum absolute atomic E-state index is 12.9. The first-order valence-electron chi connectivity index (χ1n) is 6.07. The predicted molar refractivity (Wildman–Crippen MR) is 70.4 cm³/mol. The Bertz CT molecular complexity index is 583. The lowest BCUT2D eigenvalue weighted by Crippen LogP contribution is -2.23. The number of nitrogens with one attached hydrogen (secondary N) is 1. The molecule has 0 bridgehead atoms. The number of rotatable bonds is 4. The summed E-state index contributed by atoms with van der Waals surface area (Å²) < 4.78 is 12.9. The van der Waals surface area contributed by atoms with Crippen molar-refractivity contribution in [2.45, 2.75) is 18.8 Å². The number of thiazole rings is 1. The van der Waals surface area contributed by atoms with Crippen LogP contribution in [0.1, 0.15) is 24.5 Å². The van der Waals surface area contributed by atoms with E-state index in [0.29, 0.717) is 11.0 Å². The van der Waals surface area contributed by atoms with Gasteiger partial charge in [-0.05, 0) is 30.9 Å². The summed E-state index contributed by atoms with van der Waals surface area (Å²) in [7, 11) is 0. The van der Waals surface area contributed by atoms with Crippen molar-refractivity contribution in [1.82, 2.24) is 9.97 Å². The van der Waals surface area contributed by atoms with Crippen molar-refractivity contribution in [2.24, 2.45) is 5.92 Å². The van der Waals surface area contributed by atoms with Crippen LogP contribution in [0.5, 0.6) is 0 Å². The fraction of sp³-hybridized carbons (Fsp3) is 0.308. The minimum absolute atomic E-state index is 0.157. The van der Waals surface area contributed by atoms with Crippen LogP contribution in [0.15, 0.2) is 30.6 Å². The summed E-state index contributed by atoms with van der Waals surface area (Å²) in [6, 6.07) is 5.54. The Kier molecular flexibility index (Phi) is 3.25. The number of halogens is 1. The van der Waals surface area contributed by atoms with Crippen molar-refractivity contribution in [3.63, 3.8) is 0 Å². The summed E-state index contributed by atoms with van der Waals surface area (Å²) in [4.78, 5) is 20.4. The summed E-state index contributed by atoms with van der Waals surface area (Å²) in [6.45, 7) is 0. The monoisotopic (exact) mass is 277 g/mol. The van der Waals surface area contributed by atoms with E-state index in [-0.39, 0.29) is 11.8 Å². The number of carbonyl (C=O) groups is 1. The van der Waals surface area contributed by atoms with Gasteiger partial charge in [0.1, 0.15) is 0 Å². The lowest BCUT2D eigenvalue weighted by molar-refractivity contribution is -0.118. The van der Waals surface area contributed by atoms with E-state index in [4.69, 9.17) is 0 Å². The molecule has 0 aromatic carbocycles. The molecule has 98 valence electrons. The maximum atomic E-state index is 12.9. The zero-order valence-corrected chi connectivity index (χ0v) is 10.9. The van der Waals surface area contributed by atoms with Crippen LogP contribution in [0.3, 0.4) is 0 Å². The van der Waals surface area contributed by atoms with Crippen molar-refractivity contribution in [2.75, 3.05) is 5.32 Å². The van der Waals surface area contributed by atoms with E-state index in [0.717, 1.165) is 36.1 Å². The van der Waals surface area contributed by atoms with Crippen LogP contribution in [-0.2, 0) is 4.79 Å². The van der Waals surface area contributed by atoms with Crippen LogP contribution in [0.25, 0.3) is 0 Å². The second-order valence-electron chi connectivity index (χ2n) is 4.53. The largest absolute Gasteiger partial charge is 0.301 e. The Morgan fingerprint density at radius 1 is 1.42 bits per heavy atom. The van der Waals surface area contributed by atoms with Gasteiger partial charge in [0.2, 0.25) is 5.91 Å². The Hall–Kier alpha value is -1.82. The molecule has 2 heterocycles. The maximum Gasteiger partial charge on any atom is 0.235 e. The number of carbonyl (C=O) groups excluding carboxylic acids is 1. The van der Waals surface area contributed by atoms with Gasteiger partial charge in [0.25, 0.3) is 0 Å². The highest BCUT2D eigenvalue weighted by molar-refractivity contribution is 7.14. The van der Waals surface area contributed by atoms with E-state index in [1.54, 1.807) is 6.20 Å². The number of pyridine rings is 1.